The summed E-state index contributed by atoms with van der Waals surface area (Å²) in [5.74, 6) is 1.04. The summed E-state index contributed by atoms with van der Waals surface area (Å²) >= 11 is 0. The molecule has 0 aliphatic carbocycles. The SMILES string of the molecule is Oc1c([C@H](Nc2cccc[nH+]2)c2ccncc2)ccc2cccnc12. The second kappa shape index (κ2) is 6.57. The van der Waals surface area contributed by atoms with Gasteiger partial charge in [0.05, 0.1) is 6.20 Å². The van der Waals surface area contributed by atoms with Gasteiger partial charge in [-0.2, -0.15) is 0 Å². The molecule has 5 nitrogen and oxygen atoms in total. The fourth-order valence-electron chi connectivity index (χ4n) is 2.91. The summed E-state index contributed by atoms with van der Waals surface area (Å²) in [6.45, 7) is 0. The predicted octanol–water partition coefficient (Wildman–Crippen LogP) is 3.35. The number of rotatable bonds is 4. The molecule has 0 aliphatic rings. The van der Waals surface area contributed by atoms with E-state index in [1.165, 1.54) is 0 Å². The first-order valence-corrected chi connectivity index (χ1v) is 8.03. The number of anilines is 1. The molecule has 4 aromatic rings. The number of benzene rings is 1. The molecule has 5 heteroatoms. The van der Waals surface area contributed by atoms with E-state index in [0.29, 0.717) is 5.52 Å². The Bertz CT molecular complexity index is 990. The zero-order chi connectivity index (χ0) is 17.1. The minimum atomic E-state index is -0.243. The fourth-order valence-corrected chi connectivity index (χ4v) is 2.91. The molecule has 0 fully saturated rings. The number of H-pyrrole nitrogens is 1. The zero-order valence-electron chi connectivity index (χ0n) is 13.4. The number of aromatic nitrogens is 3. The van der Waals surface area contributed by atoms with Crippen LogP contribution in [0.2, 0.25) is 0 Å². The molecule has 0 amide bonds. The van der Waals surface area contributed by atoms with Gasteiger partial charge in [-0.05, 0) is 30.3 Å². The summed E-state index contributed by atoms with van der Waals surface area (Å²) in [7, 11) is 0. The summed E-state index contributed by atoms with van der Waals surface area (Å²) < 4.78 is 0. The Labute approximate surface area is 145 Å². The van der Waals surface area contributed by atoms with Crippen molar-refractivity contribution >= 4 is 16.7 Å². The van der Waals surface area contributed by atoms with E-state index in [1.54, 1.807) is 18.6 Å². The number of hydrogen-bond donors (Lipinski definition) is 2. The molecule has 1 atom stereocenters. The molecular formula is C20H17N4O+. The van der Waals surface area contributed by atoms with Crippen LogP contribution in [0.5, 0.6) is 5.75 Å². The minimum Gasteiger partial charge on any atom is -0.505 e. The Kier molecular flexibility index (Phi) is 3.96. The van der Waals surface area contributed by atoms with Crippen molar-refractivity contribution in [2.24, 2.45) is 0 Å². The molecule has 0 radical (unpaired) electrons. The van der Waals surface area contributed by atoms with Crippen LogP contribution in [0.3, 0.4) is 0 Å². The highest BCUT2D eigenvalue weighted by Gasteiger charge is 2.24. The van der Waals surface area contributed by atoms with Gasteiger partial charge in [0.15, 0.2) is 0 Å². The maximum atomic E-state index is 10.8. The number of pyridine rings is 3. The molecule has 3 heterocycles. The summed E-state index contributed by atoms with van der Waals surface area (Å²) in [5, 5.41) is 15.2. The summed E-state index contributed by atoms with van der Waals surface area (Å²) in [6, 6.07) is 17.1. The van der Waals surface area contributed by atoms with Crippen molar-refractivity contribution in [3.05, 3.63) is 90.5 Å². The van der Waals surface area contributed by atoms with Crippen molar-refractivity contribution in [1.29, 1.82) is 0 Å². The van der Waals surface area contributed by atoms with E-state index in [-0.39, 0.29) is 11.8 Å². The molecule has 0 spiro atoms. The second-order valence-corrected chi connectivity index (χ2v) is 5.71. The lowest BCUT2D eigenvalue weighted by atomic mass is 9.97. The van der Waals surface area contributed by atoms with Gasteiger partial charge in [0.25, 0.3) is 5.82 Å². The van der Waals surface area contributed by atoms with Crippen molar-refractivity contribution < 1.29 is 10.1 Å². The highest BCUT2D eigenvalue weighted by molar-refractivity contribution is 5.85. The quantitative estimate of drug-likeness (QED) is 0.602. The van der Waals surface area contributed by atoms with Crippen molar-refractivity contribution in [3.63, 3.8) is 0 Å². The normalized spacial score (nSPS) is 12.0. The van der Waals surface area contributed by atoms with Crippen LogP contribution in [0.15, 0.2) is 79.4 Å². The molecule has 0 unspecified atom stereocenters. The molecule has 25 heavy (non-hydrogen) atoms. The predicted molar refractivity (Wildman–Crippen MR) is 96.1 cm³/mol. The largest absolute Gasteiger partial charge is 0.505 e. The van der Waals surface area contributed by atoms with E-state index < -0.39 is 0 Å². The molecule has 3 N–H and O–H groups in total. The monoisotopic (exact) mass is 329 g/mol. The van der Waals surface area contributed by atoms with E-state index in [0.717, 1.165) is 22.3 Å². The summed E-state index contributed by atoms with van der Waals surface area (Å²) in [5.41, 5.74) is 2.35. The second-order valence-electron chi connectivity index (χ2n) is 5.71. The van der Waals surface area contributed by atoms with Crippen LogP contribution in [0, 0.1) is 0 Å². The van der Waals surface area contributed by atoms with Crippen LogP contribution < -0.4 is 10.3 Å². The Morgan fingerprint density at radius 2 is 1.80 bits per heavy atom. The Hall–Kier alpha value is -3.47. The van der Waals surface area contributed by atoms with Gasteiger partial charge in [0, 0.05) is 41.2 Å². The van der Waals surface area contributed by atoms with Crippen LogP contribution >= 0.6 is 0 Å². The van der Waals surface area contributed by atoms with Crippen molar-refractivity contribution in [2.75, 3.05) is 5.32 Å². The Morgan fingerprint density at radius 3 is 2.60 bits per heavy atom. The molecule has 0 aliphatic heterocycles. The van der Waals surface area contributed by atoms with Gasteiger partial charge in [-0.3, -0.25) is 15.3 Å². The maximum Gasteiger partial charge on any atom is 0.272 e. The lowest BCUT2D eigenvalue weighted by Gasteiger charge is -2.17. The first kappa shape index (κ1) is 15.1. The molecular weight excluding hydrogens is 312 g/mol. The molecule has 4 rings (SSSR count). The fraction of sp³-hybridized carbons (Fsp3) is 0.0500. The number of aromatic hydroxyl groups is 1. The lowest BCUT2D eigenvalue weighted by molar-refractivity contribution is -0.361. The van der Waals surface area contributed by atoms with Gasteiger partial charge >= 0.3 is 0 Å². The third-order valence-electron chi connectivity index (χ3n) is 4.14. The van der Waals surface area contributed by atoms with E-state index in [4.69, 9.17) is 0 Å². The number of aromatic amines is 1. The van der Waals surface area contributed by atoms with Crippen LogP contribution in [0.25, 0.3) is 10.9 Å². The topological polar surface area (TPSA) is 72.2 Å². The number of hydrogen-bond acceptors (Lipinski definition) is 4. The van der Waals surface area contributed by atoms with Gasteiger partial charge in [-0.1, -0.05) is 18.2 Å². The van der Waals surface area contributed by atoms with Crippen LogP contribution in [0.1, 0.15) is 17.2 Å². The third kappa shape index (κ3) is 2.99. The average molecular weight is 329 g/mol. The van der Waals surface area contributed by atoms with Gasteiger partial charge in [-0.15, -0.1) is 0 Å². The minimum absolute atomic E-state index is 0.184. The highest BCUT2D eigenvalue weighted by atomic mass is 16.3. The van der Waals surface area contributed by atoms with E-state index >= 15 is 0 Å². The number of nitrogens with one attached hydrogen (secondary N) is 2. The first-order valence-electron chi connectivity index (χ1n) is 8.03. The summed E-state index contributed by atoms with van der Waals surface area (Å²) in [6.07, 6.45) is 7.03. The first-order chi connectivity index (χ1) is 12.3. The van der Waals surface area contributed by atoms with Crippen molar-refractivity contribution in [2.45, 2.75) is 6.04 Å². The van der Waals surface area contributed by atoms with Crippen LogP contribution in [-0.2, 0) is 0 Å². The maximum absolute atomic E-state index is 10.8. The van der Waals surface area contributed by atoms with Gasteiger partial charge < -0.3 is 5.11 Å². The average Bonchev–Trinajstić information content (AvgIpc) is 2.69. The standard InChI is InChI=1S/C20H16N4O/c25-20-16(7-6-14-4-3-11-23-19(14)20)18(15-8-12-21-13-9-15)24-17-5-1-2-10-22-17/h1-13,18,25H,(H,22,24)/p+1/t18-/m1/s1. The smallest absolute Gasteiger partial charge is 0.272 e. The van der Waals surface area contributed by atoms with Gasteiger partial charge in [0.1, 0.15) is 17.3 Å². The Morgan fingerprint density at radius 1 is 0.920 bits per heavy atom. The molecule has 122 valence electrons. The molecule has 0 bridgehead atoms. The third-order valence-corrected chi connectivity index (χ3v) is 4.14. The number of nitrogens with zero attached hydrogens (tertiary/aromatic N) is 2. The van der Waals surface area contributed by atoms with Crippen LogP contribution in [0.4, 0.5) is 5.82 Å². The highest BCUT2D eigenvalue weighted by Crippen LogP contribution is 2.35. The Balaban J connectivity index is 1.85. The van der Waals surface area contributed by atoms with E-state index in [9.17, 15) is 5.11 Å². The zero-order valence-corrected chi connectivity index (χ0v) is 13.4. The van der Waals surface area contributed by atoms with Crippen LogP contribution in [-0.4, -0.2) is 15.1 Å². The summed E-state index contributed by atoms with van der Waals surface area (Å²) in [4.78, 5) is 11.6. The molecule has 1 aromatic carbocycles. The molecule has 0 saturated heterocycles. The number of fused-ring (bicyclic) bond motifs is 1. The van der Waals surface area contributed by atoms with E-state index in [2.05, 4.69) is 20.3 Å². The lowest BCUT2D eigenvalue weighted by Crippen LogP contribution is -2.18. The van der Waals surface area contributed by atoms with Crippen molar-refractivity contribution in [3.8, 4) is 5.75 Å². The number of phenols is 1. The molecule has 3 aromatic heterocycles. The van der Waals surface area contributed by atoms with Gasteiger partial charge in [-0.25, -0.2) is 4.98 Å². The van der Waals surface area contributed by atoms with E-state index in [1.807, 2.05) is 60.8 Å². The molecule has 0 saturated carbocycles. The van der Waals surface area contributed by atoms with Crippen molar-refractivity contribution in [1.82, 2.24) is 9.97 Å². The number of phenolic OH excluding ortho intramolecular Hbond substituents is 1. The van der Waals surface area contributed by atoms with Gasteiger partial charge in [0.2, 0.25) is 0 Å².